The number of aromatic nitrogens is 1. The number of pyridine rings is 1. The summed E-state index contributed by atoms with van der Waals surface area (Å²) in [6, 6.07) is 6.43. The van der Waals surface area contributed by atoms with Crippen molar-refractivity contribution in [2.24, 2.45) is 0 Å². The third-order valence-electron chi connectivity index (χ3n) is 2.94. The Morgan fingerprint density at radius 2 is 2.05 bits per heavy atom. The molecule has 2 rings (SSSR count). The number of anilines is 1. The maximum Gasteiger partial charge on any atom is 0.262 e. The predicted octanol–water partition coefficient (Wildman–Crippen LogP) is 2.05. The number of benzene rings is 1. The van der Waals surface area contributed by atoms with Crippen LogP contribution in [0.4, 0.5) is 10.1 Å². The van der Waals surface area contributed by atoms with E-state index in [2.05, 4.69) is 15.0 Å². The fourth-order valence-corrected chi connectivity index (χ4v) is 3.27. The van der Waals surface area contributed by atoms with Gasteiger partial charge in [-0.15, -0.1) is 0 Å². The van der Waals surface area contributed by atoms with Crippen LogP contribution < -0.4 is 10.0 Å². The second-order valence-electron chi connectivity index (χ2n) is 4.59. The summed E-state index contributed by atoms with van der Waals surface area (Å²) in [6.07, 6.45) is 2.29. The van der Waals surface area contributed by atoms with Gasteiger partial charge in [-0.1, -0.05) is 12.1 Å². The van der Waals surface area contributed by atoms with Crippen LogP contribution in [0.2, 0.25) is 0 Å². The average Bonchev–Trinajstić information content (AvgIpc) is 2.43. The lowest BCUT2D eigenvalue weighted by molar-refractivity contribution is 0.597. The van der Waals surface area contributed by atoms with Crippen molar-refractivity contribution in [1.29, 1.82) is 0 Å². The van der Waals surface area contributed by atoms with Gasteiger partial charge in [-0.2, -0.15) is 0 Å². The highest BCUT2D eigenvalue weighted by molar-refractivity contribution is 7.92. The smallest absolute Gasteiger partial charge is 0.262 e. The van der Waals surface area contributed by atoms with Gasteiger partial charge >= 0.3 is 0 Å². The summed E-state index contributed by atoms with van der Waals surface area (Å²) < 4.78 is 40.6. The zero-order valence-electron chi connectivity index (χ0n) is 11.7. The lowest BCUT2D eigenvalue weighted by atomic mass is 10.1. The largest absolute Gasteiger partial charge is 0.316 e. The van der Waals surface area contributed by atoms with Crippen LogP contribution in [0, 0.1) is 12.7 Å². The number of halogens is 1. The van der Waals surface area contributed by atoms with Crippen molar-refractivity contribution in [2.45, 2.75) is 18.4 Å². The van der Waals surface area contributed by atoms with E-state index in [0.717, 1.165) is 11.8 Å². The van der Waals surface area contributed by atoms with Crippen LogP contribution >= 0.6 is 0 Å². The van der Waals surface area contributed by atoms with Crippen LogP contribution in [0.25, 0.3) is 0 Å². The molecule has 0 unspecified atom stereocenters. The second-order valence-corrected chi connectivity index (χ2v) is 6.24. The summed E-state index contributed by atoms with van der Waals surface area (Å²) in [5.74, 6) is -0.717. The third kappa shape index (κ3) is 3.56. The van der Waals surface area contributed by atoms with Crippen LogP contribution in [0.5, 0.6) is 0 Å². The van der Waals surface area contributed by atoms with E-state index in [9.17, 15) is 12.8 Å². The number of sulfonamides is 1. The van der Waals surface area contributed by atoms with Crippen LogP contribution in [-0.4, -0.2) is 20.4 Å². The molecule has 1 aromatic heterocycles. The topological polar surface area (TPSA) is 71.1 Å². The molecule has 0 spiro atoms. The van der Waals surface area contributed by atoms with Crippen molar-refractivity contribution in [3.05, 3.63) is 53.6 Å². The first kappa shape index (κ1) is 15.4. The SMILES string of the molecule is CNCc1ccc(C)c(S(=O)(=O)Nc2ccncc2F)c1. The molecule has 112 valence electrons. The molecule has 0 amide bonds. The molecule has 0 radical (unpaired) electrons. The van der Waals surface area contributed by atoms with Crippen molar-refractivity contribution in [1.82, 2.24) is 10.3 Å². The molecule has 0 saturated heterocycles. The van der Waals surface area contributed by atoms with E-state index in [1.165, 1.54) is 12.3 Å². The number of nitrogens with zero attached hydrogens (tertiary/aromatic N) is 1. The molecule has 1 heterocycles. The Hall–Kier alpha value is -1.99. The molecule has 0 aliphatic carbocycles. The zero-order chi connectivity index (χ0) is 15.5. The Morgan fingerprint density at radius 3 is 2.71 bits per heavy atom. The predicted molar refractivity (Wildman–Crippen MR) is 78.9 cm³/mol. The van der Waals surface area contributed by atoms with E-state index >= 15 is 0 Å². The van der Waals surface area contributed by atoms with Gasteiger partial charge in [0.05, 0.1) is 16.8 Å². The molecule has 0 aliphatic rings. The number of aryl methyl sites for hydroxylation is 1. The fraction of sp³-hybridized carbons (Fsp3) is 0.214. The molecule has 0 fully saturated rings. The van der Waals surface area contributed by atoms with Gasteiger partial charge in [0.1, 0.15) is 0 Å². The van der Waals surface area contributed by atoms with Gasteiger partial charge in [0.25, 0.3) is 10.0 Å². The molecular weight excluding hydrogens is 293 g/mol. The van der Waals surface area contributed by atoms with Gasteiger partial charge in [0.15, 0.2) is 5.82 Å². The number of hydrogen-bond donors (Lipinski definition) is 2. The Morgan fingerprint density at radius 1 is 1.29 bits per heavy atom. The van der Waals surface area contributed by atoms with Gasteiger partial charge in [0, 0.05) is 12.7 Å². The lowest BCUT2D eigenvalue weighted by Crippen LogP contribution is -2.16. The Bertz CT molecular complexity index is 748. The van der Waals surface area contributed by atoms with E-state index in [1.54, 1.807) is 26.1 Å². The van der Waals surface area contributed by atoms with E-state index < -0.39 is 15.8 Å². The molecule has 2 N–H and O–H groups in total. The summed E-state index contributed by atoms with van der Waals surface area (Å²) in [5.41, 5.74) is 1.30. The van der Waals surface area contributed by atoms with Crippen molar-refractivity contribution >= 4 is 15.7 Å². The van der Waals surface area contributed by atoms with Gasteiger partial charge in [-0.3, -0.25) is 9.71 Å². The van der Waals surface area contributed by atoms with Crippen molar-refractivity contribution in [3.63, 3.8) is 0 Å². The molecule has 0 aliphatic heterocycles. The summed E-state index contributed by atoms with van der Waals surface area (Å²) in [4.78, 5) is 3.72. The minimum absolute atomic E-state index is 0.122. The summed E-state index contributed by atoms with van der Waals surface area (Å²) in [7, 11) is -2.08. The highest BCUT2D eigenvalue weighted by atomic mass is 32.2. The molecular formula is C14H16FN3O2S. The normalized spacial score (nSPS) is 11.4. The minimum atomic E-state index is -3.85. The zero-order valence-corrected chi connectivity index (χ0v) is 12.5. The number of rotatable bonds is 5. The third-order valence-corrected chi connectivity index (χ3v) is 4.45. The molecule has 5 nitrogen and oxygen atoms in total. The van der Waals surface area contributed by atoms with E-state index in [1.807, 2.05) is 6.07 Å². The van der Waals surface area contributed by atoms with E-state index in [-0.39, 0.29) is 10.6 Å². The van der Waals surface area contributed by atoms with E-state index in [4.69, 9.17) is 0 Å². The first-order valence-corrected chi connectivity index (χ1v) is 7.79. The minimum Gasteiger partial charge on any atom is -0.316 e. The summed E-state index contributed by atoms with van der Waals surface area (Å²) in [6.45, 7) is 2.24. The Balaban J connectivity index is 2.40. The monoisotopic (exact) mass is 309 g/mol. The quantitative estimate of drug-likeness (QED) is 0.887. The highest BCUT2D eigenvalue weighted by Crippen LogP contribution is 2.22. The Labute approximate surface area is 123 Å². The van der Waals surface area contributed by atoms with Crippen LogP contribution in [0.1, 0.15) is 11.1 Å². The van der Waals surface area contributed by atoms with Crippen molar-refractivity contribution in [3.8, 4) is 0 Å². The van der Waals surface area contributed by atoms with Gasteiger partial charge in [-0.25, -0.2) is 12.8 Å². The maximum atomic E-state index is 13.5. The van der Waals surface area contributed by atoms with Crippen LogP contribution in [-0.2, 0) is 16.6 Å². The summed E-state index contributed by atoms with van der Waals surface area (Å²) >= 11 is 0. The average molecular weight is 309 g/mol. The summed E-state index contributed by atoms with van der Waals surface area (Å²) in [5, 5.41) is 2.96. The molecule has 1 aromatic carbocycles. The molecule has 21 heavy (non-hydrogen) atoms. The Kier molecular flexibility index (Phi) is 4.54. The molecule has 0 atom stereocenters. The van der Waals surface area contributed by atoms with Crippen LogP contribution in [0.15, 0.2) is 41.6 Å². The van der Waals surface area contributed by atoms with Gasteiger partial charge < -0.3 is 5.32 Å². The molecule has 7 heteroatoms. The van der Waals surface area contributed by atoms with E-state index in [0.29, 0.717) is 12.1 Å². The standard InChI is InChI=1S/C14H16FN3O2S/c1-10-3-4-11(8-16-2)7-14(10)21(19,20)18-13-5-6-17-9-12(13)15/h3-7,9,16H,8H2,1-2H3,(H,17,18). The van der Waals surface area contributed by atoms with Gasteiger partial charge in [-0.05, 0) is 37.2 Å². The molecule has 0 bridgehead atoms. The first-order valence-electron chi connectivity index (χ1n) is 6.30. The molecule has 2 aromatic rings. The number of hydrogen-bond acceptors (Lipinski definition) is 4. The van der Waals surface area contributed by atoms with Gasteiger partial charge in [0.2, 0.25) is 0 Å². The lowest BCUT2D eigenvalue weighted by Gasteiger charge is -2.12. The second kappa shape index (κ2) is 6.19. The first-order chi connectivity index (χ1) is 9.94. The van der Waals surface area contributed by atoms with Crippen molar-refractivity contribution in [2.75, 3.05) is 11.8 Å². The highest BCUT2D eigenvalue weighted by Gasteiger charge is 2.19. The fourth-order valence-electron chi connectivity index (χ4n) is 1.91. The van der Waals surface area contributed by atoms with Crippen LogP contribution in [0.3, 0.4) is 0 Å². The number of nitrogens with one attached hydrogen (secondary N) is 2. The van der Waals surface area contributed by atoms with Crippen molar-refractivity contribution < 1.29 is 12.8 Å². The molecule has 0 saturated carbocycles. The maximum absolute atomic E-state index is 13.5.